The molecule has 0 radical (unpaired) electrons. The first-order valence-corrected chi connectivity index (χ1v) is 2.94. The number of hydrogen-bond donors (Lipinski definition) is 4. The van der Waals surface area contributed by atoms with Crippen molar-refractivity contribution in [1.29, 1.82) is 0 Å². The van der Waals surface area contributed by atoms with Gasteiger partial charge in [-0.25, -0.2) is 14.4 Å². The highest BCUT2D eigenvalue weighted by atomic mass is 16.4. The number of aliphatic carboxylic acids is 2. The van der Waals surface area contributed by atoms with Gasteiger partial charge >= 0.3 is 18.0 Å². The fraction of sp³-hybridized carbons (Fsp3) is 0.167. The van der Waals surface area contributed by atoms with E-state index in [1.165, 1.54) is 7.05 Å². The molecule has 0 spiro atoms. The van der Waals surface area contributed by atoms with Crippen LogP contribution in [0.5, 0.6) is 0 Å². The van der Waals surface area contributed by atoms with Crippen molar-refractivity contribution in [3.05, 3.63) is 12.2 Å². The average Bonchev–Trinajstić information content (AvgIpc) is 2.02. The maximum Gasteiger partial charge on any atom is 0.404 e. The van der Waals surface area contributed by atoms with Crippen LogP contribution in [-0.2, 0) is 9.59 Å². The van der Waals surface area contributed by atoms with E-state index in [9.17, 15) is 14.4 Å². The van der Waals surface area contributed by atoms with E-state index in [1.807, 2.05) is 5.32 Å². The Hall–Kier alpha value is -2.05. The summed E-state index contributed by atoms with van der Waals surface area (Å²) in [7, 11) is 1.35. The summed E-state index contributed by atoms with van der Waals surface area (Å²) < 4.78 is 0. The number of hydrogen-bond acceptors (Lipinski definition) is 3. The van der Waals surface area contributed by atoms with Gasteiger partial charge < -0.3 is 20.6 Å². The Morgan fingerprint density at radius 1 is 1.00 bits per heavy atom. The molecular formula is C6H9NO6. The van der Waals surface area contributed by atoms with Gasteiger partial charge in [-0.15, -0.1) is 0 Å². The second-order valence-electron chi connectivity index (χ2n) is 1.56. The molecule has 0 aliphatic carbocycles. The van der Waals surface area contributed by atoms with E-state index >= 15 is 0 Å². The zero-order valence-corrected chi connectivity index (χ0v) is 6.72. The number of carboxylic acids is 2. The largest absolute Gasteiger partial charge is 0.478 e. The number of carboxylic acid groups (broad SMARTS) is 3. The molecule has 0 aliphatic heterocycles. The molecule has 0 saturated carbocycles. The van der Waals surface area contributed by atoms with E-state index in [4.69, 9.17) is 15.3 Å². The Bertz CT molecular complexity index is 205. The average molecular weight is 191 g/mol. The summed E-state index contributed by atoms with van der Waals surface area (Å²) in [4.78, 5) is 28.4. The van der Waals surface area contributed by atoms with E-state index in [0.717, 1.165) is 0 Å². The predicted octanol–water partition coefficient (Wildman–Crippen LogP) is -0.404. The number of carbonyl (C=O) groups is 3. The Labute approximate surface area is 73.3 Å². The van der Waals surface area contributed by atoms with Crippen molar-refractivity contribution in [2.45, 2.75) is 0 Å². The summed E-state index contributed by atoms with van der Waals surface area (Å²) in [5.74, 6) is -2.51. The second-order valence-corrected chi connectivity index (χ2v) is 1.56. The van der Waals surface area contributed by atoms with Crippen LogP contribution in [0.3, 0.4) is 0 Å². The van der Waals surface area contributed by atoms with Crippen LogP contribution in [-0.4, -0.2) is 40.4 Å². The zero-order valence-electron chi connectivity index (χ0n) is 6.72. The monoisotopic (exact) mass is 191 g/mol. The fourth-order valence-electron chi connectivity index (χ4n) is 0.143. The van der Waals surface area contributed by atoms with Gasteiger partial charge in [-0.2, -0.15) is 0 Å². The normalized spacial score (nSPS) is 8.38. The highest BCUT2D eigenvalue weighted by Crippen LogP contribution is 1.70. The molecular weight excluding hydrogens is 182 g/mol. The van der Waals surface area contributed by atoms with Gasteiger partial charge in [0.15, 0.2) is 0 Å². The third-order valence-electron chi connectivity index (χ3n) is 0.582. The fourth-order valence-corrected chi connectivity index (χ4v) is 0.143. The summed E-state index contributed by atoms with van der Waals surface area (Å²) in [6.45, 7) is 0. The highest BCUT2D eigenvalue weighted by Gasteiger charge is 1.88. The van der Waals surface area contributed by atoms with Crippen molar-refractivity contribution in [2.75, 3.05) is 7.05 Å². The molecule has 0 rings (SSSR count). The molecule has 7 nitrogen and oxygen atoms in total. The molecule has 1 amide bonds. The van der Waals surface area contributed by atoms with Gasteiger partial charge in [-0.3, -0.25) is 0 Å². The minimum absolute atomic E-state index is 0.558. The van der Waals surface area contributed by atoms with Gasteiger partial charge in [0.05, 0.1) is 0 Å². The van der Waals surface area contributed by atoms with Crippen LogP contribution in [0, 0.1) is 0 Å². The quantitative estimate of drug-likeness (QED) is 0.440. The summed E-state index contributed by atoms with van der Waals surface area (Å²) in [6.07, 6.45) is 0.120. The number of amides is 1. The Kier molecular flexibility index (Phi) is 8.38. The second kappa shape index (κ2) is 8.05. The van der Waals surface area contributed by atoms with Gasteiger partial charge in [0, 0.05) is 19.2 Å². The van der Waals surface area contributed by atoms with Crippen molar-refractivity contribution in [3.8, 4) is 0 Å². The van der Waals surface area contributed by atoms with Gasteiger partial charge in [-0.05, 0) is 0 Å². The van der Waals surface area contributed by atoms with Crippen LogP contribution in [0.1, 0.15) is 0 Å². The van der Waals surface area contributed by atoms with E-state index < -0.39 is 18.0 Å². The number of nitrogens with one attached hydrogen (secondary N) is 1. The lowest BCUT2D eigenvalue weighted by Crippen LogP contribution is -2.13. The Balaban J connectivity index is 0. The van der Waals surface area contributed by atoms with Crippen LogP contribution in [0.15, 0.2) is 12.2 Å². The molecule has 0 aromatic carbocycles. The van der Waals surface area contributed by atoms with Crippen molar-refractivity contribution >= 4 is 18.0 Å². The molecule has 0 atom stereocenters. The molecule has 0 heterocycles. The molecule has 13 heavy (non-hydrogen) atoms. The lowest BCUT2D eigenvalue weighted by atomic mass is 10.5. The van der Waals surface area contributed by atoms with Crippen molar-refractivity contribution in [2.24, 2.45) is 0 Å². The maximum absolute atomic E-state index is 9.55. The molecule has 0 fully saturated rings. The van der Waals surface area contributed by atoms with Crippen LogP contribution in [0.25, 0.3) is 0 Å². The molecule has 0 saturated heterocycles. The van der Waals surface area contributed by atoms with Gasteiger partial charge in [0.25, 0.3) is 0 Å². The van der Waals surface area contributed by atoms with Crippen LogP contribution in [0.4, 0.5) is 4.79 Å². The molecule has 0 bridgehead atoms. The van der Waals surface area contributed by atoms with E-state index in [-0.39, 0.29) is 0 Å². The summed E-state index contributed by atoms with van der Waals surface area (Å²) in [5, 5.41) is 25.2. The Morgan fingerprint density at radius 2 is 1.23 bits per heavy atom. The molecule has 0 aromatic heterocycles. The third kappa shape index (κ3) is 25.7. The highest BCUT2D eigenvalue weighted by molar-refractivity contribution is 5.89. The molecule has 0 aromatic rings. The first kappa shape index (κ1) is 13.5. The predicted molar refractivity (Wildman–Crippen MR) is 41.5 cm³/mol. The van der Waals surface area contributed by atoms with E-state index in [1.54, 1.807) is 0 Å². The summed E-state index contributed by atoms with van der Waals surface area (Å²) >= 11 is 0. The van der Waals surface area contributed by atoms with E-state index in [2.05, 4.69) is 0 Å². The molecule has 74 valence electrons. The zero-order chi connectivity index (χ0) is 10.9. The van der Waals surface area contributed by atoms with Crippen LogP contribution >= 0.6 is 0 Å². The van der Waals surface area contributed by atoms with Gasteiger partial charge in [0.1, 0.15) is 0 Å². The lowest BCUT2D eigenvalue weighted by Gasteiger charge is -1.78. The SMILES string of the molecule is CNC(=O)O.O=C(O)/C=C\C(=O)O. The first-order chi connectivity index (χ1) is 5.90. The lowest BCUT2D eigenvalue weighted by molar-refractivity contribution is -0.134. The summed E-state index contributed by atoms with van der Waals surface area (Å²) in [5.41, 5.74) is 0. The first-order valence-electron chi connectivity index (χ1n) is 2.94. The smallest absolute Gasteiger partial charge is 0.404 e. The molecule has 0 aliphatic rings. The molecule has 4 N–H and O–H groups in total. The minimum atomic E-state index is -1.26. The van der Waals surface area contributed by atoms with Crippen LogP contribution in [0.2, 0.25) is 0 Å². The molecule has 7 heteroatoms. The minimum Gasteiger partial charge on any atom is -0.478 e. The van der Waals surface area contributed by atoms with Gasteiger partial charge in [-0.1, -0.05) is 0 Å². The molecule has 0 unspecified atom stereocenters. The van der Waals surface area contributed by atoms with Crippen LogP contribution < -0.4 is 5.32 Å². The topological polar surface area (TPSA) is 124 Å². The maximum atomic E-state index is 9.55. The Morgan fingerprint density at radius 3 is 1.31 bits per heavy atom. The van der Waals surface area contributed by atoms with E-state index in [0.29, 0.717) is 12.2 Å². The number of rotatable bonds is 2. The van der Waals surface area contributed by atoms with Crippen molar-refractivity contribution in [1.82, 2.24) is 5.32 Å². The third-order valence-corrected chi connectivity index (χ3v) is 0.582. The standard InChI is InChI=1S/C4H4O4.C2H5NO2/c5-3(6)1-2-4(7)8;1-3-2(4)5/h1-2H,(H,5,6)(H,7,8);3H,1H3,(H,4,5)/b2-1-;. The van der Waals surface area contributed by atoms with Gasteiger partial charge in [0.2, 0.25) is 0 Å². The van der Waals surface area contributed by atoms with Crippen molar-refractivity contribution < 1.29 is 29.7 Å². The summed E-state index contributed by atoms with van der Waals surface area (Å²) in [6, 6.07) is 0. The van der Waals surface area contributed by atoms with Crippen molar-refractivity contribution in [3.63, 3.8) is 0 Å².